The number of nitrogens with zero attached hydrogens (tertiary/aromatic N) is 2. The normalized spacial score (nSPS) is 14.4. The first-order valence-corrected chi connectivity index (χ1v) is 9.75. The fraction of sp³-hybridized carbons (Fsp3) is 0.286. The van der Waals surface area contributed by atoms with Crippen molar-refractivity contribution in [2.75, 3.05) is 5.32 Å². The van der Waals surface area contributed by atoms with Gasteiger partial charge in [0.05, 0.1) is 0 Å². The molecule has 6 nitrogen and oxygen atoms in total. The van der Waals surface area contributed by atoms with Crippen LogP contribution < -0.4 is 10.6 Å². The molecule has 7 heteroatoms. The Balaban J connectivity index is 1.69. The van der Waals surface area contributed by atoms with Crippen LogP contribution in [-0.4, -0.2) is 27.2 Å². The molecule has 0 atom stereocenters. The van der Waals surface area contributed by atoms with Crippen LogP contribution in [0.15, 0.2) is 42.6 Å². The van der Waals surface area contributed by atoms with Gasteiger partial charge in [-0.15, -0.1) is 0 Å². The predicted molar refractivity (Wildman–Crippen MR) is 109 cm³/mol. The lowest BCUT2D eigenvalue weighted by molar-refractivity contribution is 0.0933. The van der Waals surface area contributed by atoms with E-state index in [2.05, 4.69) is 15.6 Å². The number of aromatic nitrogens is 2. The van der Waals surface area contributed by atoms with Crippen molar-refractivity contribution in [1.29, 1.82) is 0 Å². The second-order valence-electron chi connectivity index (χ2n) is 7.16. The number of halogens is 1. The van der Waals surface area contributed by atoms with Gasteiger partial charge >= 0.3 is 0 Å². The van der Waals surface area contributed by atoms with Crippen LogP contribution in [0.3, 0.4) is 0 Å². The van der Waals surface area contributed by atoms with Gasteiger partial charge in [0.15, 0.2) is 11.5 Å². The topological polar surface area (TPSA) is 75.5 Å². The lowest BCUT2D eigenvalue weighted by Crippen LogP contribution is -2.34. The number of carbonyl (C=O) groups excluding carboxylic acids is 2. The number of pyridine rings is 1. The van der Waals surface area contributed by atoms with E-state index in [4.69, 9.17) is 11.6 Å². The van der Waals surface area contributed by atoms with E-state index in [9.17, 15) is 9.59 Å². The maximum Gasteiger partial charge on any atom is 0.272 e. The molecule has 2 heterocycles. The molecule has 1 fully saturated rings. The molecule has 0 aliphatic heterocycles. The minimum absolute atomic E-state index is 0.169. The highest BCUT2D eigenvalue weighted by Crippen LogP contribution is 2.22. The summed E-state index contributed by atoms with van der Waals surface area (Å²) >= 11 is 5.89. The van der Waals surface area contributed by atoms with Crippen molar-refractivity contribution in [3.8, 4) is 0 Å². The van der Waals surface area contributed by atoms with Gasteiger partial charge in [0.2, 0.25) is 0 Å². The molecule has 0 saturated heterocycles. The number of fused-ring (bicyclic) bond motifs is 1. The number of carbonyl (C=O) groups is 2. The third kappa shape index (κ3) is 3.73. The molecule has 2 aromatic heterocycles. The predicted octanol–water partition coefficient (Wildman–Crippen LogP) is 4.22. The standard InChI is InChI=1S/C21H21ClN4O2/c1-13-6-11-17-24-19(25-20(27)14-7-9-15(22)10-8-14)18(26(17)12-13)21(28)23-16-4-2-3-5-16/h6-12,16H,2-5H2,1H3,(H,23,28)(H,25,27). The molecule has 1 aromatic carbocycles. The van der Waals surface area contributed by atoms with E-state index in [1.807, 2.05) is 25.3 Å². The average Bonchev–Trinajstić information content (AvgIpc) is 3.29. The van der Waals surface area contributed by atoms with Gasteiger partial charge in [0.25, 0.3) is 11.8 Å². The second-order valence-corrected chi connectivity index (χ2v) is 7.60. The Morgan fingerprint density at radius 2 is 1.79 bits per heavy atom. The number of amides is 2. The van der Waals surface area contributed by atoms with Gasteiger partial charge in [0, 0.05) is 22.8 Å². The highest BCUT2D eigenvalue weighted by atomic mass is 35.5. The fourth-order valence-electron chi connectivity index (χ4n) is 3.56. The lowest BCUT2D eigenvalue weighted by atomic mass is 10.2. The van der Waals surface area contributed by atoms with Gasteiger partial charge in [-0.05, 0) is 55.7 Å². The number of rotatable bonds is 4. The third-order valence-corrected chi connectivity index (χ3v) is 5.26. The van der Waals surface area contributed by atoms with Crippen LogP contribution >= 0.6 is 11.6 Å². The van der Waals surface area contributed by atoms with E-state index in [1.54, 1.807) is 28.7 Å². The second kappa shape index (κ2) is 7.64. The summed E-state index contributed by atoms with van der Waals surface area (Å²) in [5, 5.41) is 6.42. The fourth-order valence-corrected chi connectivity index (χ4v) is 3.69. The number of anilines is 1. The Morgan fingerprint density at radius 3 is 2.50 bits per heavy atom. The van der Waals surface area contributed by atoms with Gasteiger partial charge < -0.3 is 10.6 Å². The Morgan fingerprint density at radius 1 is 1.07 bits per heavy atom. The monoisotopic (exact) mass is 396 g/mol. The van der Waals surface area contributed by atoms with Crippen LogP contribution in [0.1, 0.15) is 52.1 Å². The average molecular weight is 397 g/mol. The largest absolute Gasteiger partial charge is 0.348 e. The zero-order valence-electron chi connectivity index (χ0n) is 15.5. The van der Waals surface area contributed by atoms with E-state index >= 15 is 0 Å². The molecular formula is C21H21ClN4O2. The molecule has 4 rings (SSSR count). The molecule has 0 radical (unpaired) electrons. The van der Waals surface area contributed by atoms with Crippen molar-refractivity contribution in [2.24, 2.45) is 0 Å². The van der Waals surface area contributed by atoms with Crippen molar-refractivity contribution in [3.63, 3.8) is 0 Å². The van der Waals surface area contributed by atoms with Crippen molar-refractivity contribution in [2.45, 2.75) is 38.6 Å². The number of benzene rings is 1. The van der Waals surface area contributed by atoms with E-state index in [0.717, 1.165) is 31.2 Å². The zero-order chi connectivity index (χ0) is 19.7. The van der Waals surface area contributed by atoms with Crippen molar-refractivity contribution in [1.82, 2.24) is 14.7 Å². The lowest BCUT2D eigenvalue weighted by Gasteiger charge is -2.13. The third-order valence-electron chi connectivity index (χ3n) is 5.01. The molecule has 1 aliphatic rings. The van der Waals surface area contributed by atoms with E-state index in [0.29, 0.717) is 21.9 Å². The minimum atomic E-state index is -0.341. The Hall–Kier alpha value is -2.86. The molecule has 0 unspecified atom stereocenters. The van der Waals surface area contributed by atoms with Crippen LogP contribution in [0, 0.1) is 6.92 Å². The Kier molecular flexibility index (Phi) is 5.05. The summed E-state index contributed by atoms with van der Waals surface area (Å²) in [5.41, 5.74) is 2.39. The van der Waals surface area contributed by atoms with Crippen molar-refractivity contribution < 1.29 is 9.59 Å². The van der Waals surface area contributed by atoms with Gasteiger partial charge in [0.1, 0.15) is 5.65 Å². The van der Waals surface area contributed by atoms with Gasteiger partial charge in [-0.25, -0.2) is 4.98 Å². The molecule has 0 bridgehead atoms. The number of nitrogens with one attached hydrogen (secondary N) is 2. The highest BCUT2D eigenvalue weighted by molar-refractivity contribution is 6.30. The summed E-state index contributed by atoms with van der Waals surface area (Å²) in [7, 11) is 0. The van der Waals surface area contributed by atoms with Gasteiger partial charge in [-0.2, -0.15) is 0 Å². The first-order valence-electron chi connectivity index (χ1n) is 9.38. The summed E-state index contributed by atoms with van der Waals surface area (Å²) in [4.78, 5) is 30.2. The summed E-state index contributed by atoms with van der Waals surface area (Å²) in [6.45, 7) is 1.95. The molecule has 2 amide bonds. The van der Waals surface area contributed by atoms with Gasteiger partial charge in [-0.1, -0.05) is 30.5 Å². The summed E-state index contributed by atoms with van der Waals surface area (Å²) in [5.74, 6) is -0.316. The number of aryl methyl sites for hydroxylation is 1. The molecule has 3 aromatic rings. The number of imidazole rings is 1. The smallest absolute Gasteiger partial charge is 0.272 e. The van der Waals surface area contributed by atoms with Crippen LogP contribution in [0.4, 0.5) is 5.82 Å². The maximum absolute atomic E-state index is 13.0. The first-order chi connectivity index (χ1) is 13.5. The number of hydrogen-bond acceptors (Lipinski definition) is 3. The molecule has 0 spiro atoms. The Bertz CT molecular complexity index is 1040. The highest BCUT2D eigenvalue weighted by Gasteiger charge is 2.25. The number of hydrogen-bond donors (Lipinski definition) is 2. The van der Waals surface area contributed by atoms with Gasteiger partial charge in [-0.3, -0.25) is 14.0 Å². The van der Waals surface area contributed by atoms with Crippen molar-refractivity contribution in [3.05, 3.63) is 64.4 Å². The zero-order valence-corrected chi connectivity index (χ0v) is 16.3. The Labute approximate surface area is 167 Å². The molecule has 1 saturated carbocycles. The van der Waals surface area contributed by atoms with E-state index in [1.165, 1.54) is 0 Å². The van der Waals surface area contributed by atoms with Crippen LogP contribution in [0.5, 0.6) is 0 Å². The van der Waals surface area contributed by atoms with Crippen LogP contribution in [0.2, 0.25) is 5.02 Å². The van der Waals surface area contributed by atoms with E-state index in [-0.39, 0.29) is 23.7 Å². The quantitative estimate of drug-likeness (QED) is 0.693. The molecule has 144 valence electrons. The van der Waals surface area contributed by atoms with E-state index < -0.39 is 0 Å². The van der Waals surface area contributed by atoms with Crippen LogP contribution in [0.25, 0.3) is 5.65 Å². The minimum Gasteiger partial charge on any atom is -0.348 e. The molecule has 28 heavy (non-hydrogen) atoms. The molecule has 2 N–H and O–H groups in total. The summed E-state index contributed by atoms with van der Waals surface area (Å²) < 4.78 is 1.73. The first kappa shape index (κ1) is 18.5. The van der Waals surface area contributed by atoms with Crippen LogP contribution in [-0.2, 0) is 0 Å². The maximum atomic E-state index is 13.0. The SMILES string of the molecule is Cc1ccc2nc(NC(=O)c3ccc(Cl)cc3)c(C(=O)NC3CCCC3)n2c1. The molecule has 1 aliphatic carbocycles. The van der Waals surface area contributed by atoms with Crippen molar-refractivity contribution >= 4 is 34.9 Å². The molecular weight excluding hydrogens is 376 g/mol. The summed E-state index contributed by atoms with van der Waals surface area (Å²) in [6, 6.07) is 10.5. The summed E-state index contributed by atoms with van der Waals surface area (Å²) in [6.07, 6.45) is 6.06.